The number of aryl methyl sites for hydroxylation is 1. The number of urea groups is 1. The predicted molar refractivity (Wildman–Crippen MR) is 101 cm³/mol. The molecule has 0 spiro atoms. The molecule has 2 N–H and O–H groups in total. The first kappa shape index (κ1) is 18.6. The van der Waals surface area contributed by atoms with E-state index in [1.807, 2.05) is 31.2 Å². The zero-order valence-electron chi connectivity index (χ0n) is 15.3. The minimum atomic E-state index is -0.219. The molecule has 5 nitrogen and oxygen atoms in total. The summed E-state index contributed by atoms with van der Waals surface area (Å²) in [7, 11) is 1.58. The summed E-state index contributed by atoms with van der Waals surface area (Å²) < 4.78 is 11.3. The van der Waals surface area contributed by atoms with Gasteiger partial charge in [0.05, 0.1) is 7.11 Å². The van der Waals surface area contributed by atoms with Crippen molar-refractivity contribution in [2.75, 3.05) is 12.4 Å². The average molecular weight is 342 g/mol. The first-order valence-electron chi connectivity index (χ1n) is 8.56. The van der Waals surface area contributed by atoms with E-state index in [1.165, 1.54) is 0 Å². The molecular weight excluding hydrogens is 316 g/mol. The summed E-state index contributed by atoms with van der Waals surface area (Å²) in [4.78, 5) is 12.1. The van der Waals surface area contributed by atoms with Gasteiger partial charge < -0.3 is 20.1 Å². The van der Waals surface area contributed by atoms with Crippen LogP contribution in [0.3, 0.4) is 0 Å². The highest BCUT2D eigenvalue weighted by Crippen LogP contribution is 2.34. The zero-order valence-corrected chi connectivity index (χ0v) is 15.3. The number of nitrogens with one attached hydrogen (secondary N) is 2. The van der Waals surface area contributed by atoms with Crippen LogP contribution in [0.25, 0.3) is 0 Å². The van der Waals surface area contributed by atoms with Crippen LogP contribution in [0.2, 0.25) is 0 Å². The van der Waals surface area contributed by atoms with E-state index < -0.39 is 0 Å². The molecule has 0 saturated carbocycles. The first-order chi connectivity index (χ1) is 12.1. The predicted octanol–water partition coefficient (Wildman–Crippen LogP) is 5.11. The Balaban J connectivity index is 2.11. The van der Waals surface area contributed by atoms with Crippen molar-refractivity contribution in [1.82, 2.24) is 5.32 Å². The van der Waals surface area contributed by atoms with Crippen LogP contribution in [0.5, 0.6) is 17.2 Å². The third-order valence-electron chi connectivity index (χ3n) is 4.06. The molecule has 5 heteroatoms. The number of methoxy groups -OCH3 is 1. The molecule has 0 saturated heterocycles. The van der Waals surface area contributed by atoms with Crippen LogP contribution in [0.15, 0.2) is 42.5 Å². The third-order valence-corrected chi connectivity index (χ3v) is 4.06. The van der Waals surface area contributed by atoms with Crippen molar-refractivity contribution in [2.45, 2.75) is 39.7 Å². The molecule has 25 heavy (non-hydrogen) atoms. The Morgan fingerprint density at radius 1 is 1.04 bits per heavy atom. The van der Waals surface area contributed by atoms with Crippen molar-refractivity contribution in [2.24, 2.45) is 0 Å². The standard InChI is InChI=1S/C20H26N2O3/c1-5-15(6-2)21-20(23)22-16-11-12-18(19(13-16)24-4)25-17-10-8-7-9-14(17)3/h7-13,15H,5-6H2,1-4H3,(H2,21,22,23). The molecule has 0 fully saturated rings. The summed E-state index contributed by atoms with van der Waals surface area (Å²) in [5, 5.41) is 5.77. The van der Waals surface area contributed by atoms with Gasteiger partial charge in [-0.2, -0.15) is 0 Å². The lowest BCUT2D eigenvalue weighted by Gasteiger charge is -2.16. The first-order valence-corrected chi connectivity index (χ1v) is 8.56. The summed E-state index contributed by atoms with van der Waals surface area (Å²) >= 11 is 0. The topological polar surface area (TPSA) is 59.6 Å². The Bertz CT molecular complexity index is 712. The van der Waals surface area contributed by atoms with Gasteiger partial charge in [-0.15, -0.1) is 0 Å². The summed E-state index contributed by atoms with van der Waals surface area (Å²) in [6.07, 6.45) is 1.80. The minimum Gasteiger partial charge on any atom is -0.493 e. The van der Waals surface area contributed by atoms with E-state index in [9.17, 15) is 4.79 Å². The van der Waals surface area contributed by atoms with E-state index in [4.69, 9.17) is 9.47 Å². The fourth-order valence-electron chi connectivity index (χ4n) is 2.46. The number of hydrogen-bond donors (Lipinski definition) is 2. The molecule has 0 radical (unpaired) electrons. The Morgan fingerprint density at radius 2 is 1.76 bits per heavy atom. The van der Waals surface area contributed by atoms with Gasteiger partial charge >= 0.3 is 6.03 Å². The molecule has 0 aliphatic rings. The maximum Gasteiger partial charge on any atom is 0.319 e. The zero-order chi connectivity index (χ0) is 18.2. The number of ether oxygens (including phenoxy) is 2. The van der Waals surface area contributed by atoms with Gasteiger partial charge in [-0.25, -0.2) is 4.79 Å². The van der Waals surface area contributed by atoms with Crippen molar-refractivity contribution in [1.29, 1.82) is 0 Å². The fourth-order valence-corrected chi connectivity index (χ4v) is 2.46. The second-order valence-electron chi connectivity index (χ2n) is 5.85. The molecule has 0 bridgehead atoms. The molecule has 134 valence electrons. The Kier molecular flexibility index (Phi) is 6.69. The largest absolute Gasteiger partial charge is 0.493 e. The fraction of sp³-hybridized carbons (Fsp3) is 0.350. The van der Waals surface area contributed by atoms with Crippen molar-refractivity contribution in [3.8, 4) is 17.2 Å². The molecule has 0 atom stereocenters. The molecule has 0 aliphatic heterocycles. The molecule has 0 unspecified atom stereocenters. The van der Waals surface area contributed by atoms with E-state index in [0.29, 0.717) is 17.2 Å². The highest BCUT2D eigenvalue weighted by Gasteiger charge is 2.12. The van der Waals surface area contributed by atoms with Crippen LogP contribution in [0, 0.1) is 6.92 Å². The third kappa shape index (κ3) is 5.14. The number of rotatable bonds is 7. The van der Waals surface area contributed by atoms with E-state index in [0.717, 1.165) is 24.2 Å². The molecular formula is C20H26N2O3. The molecule has 0 aliphatic carbocycles. The number of para-hydroxylation sites is 1. The Morgan fingerprint density at radius 3 is 2.40 bits per heavy atom. The normalized spacial score (nSPS) is 10.4. The molecule has 0 aromatic heterocycles. The van der Waals surface area contributed by atoms with Crippen LogP contribution in [0.1, 0.15) is 32.3 Å². The summed E-state index contributed by atoms with van der Waals surface area (Å²) in [6.45, 7) is 6.09. The molecule has 0 heterocycles. The molecule has 2 aromatic carbocycles. The second-order valence-corrected chi connectivity index (χ2v) is 5.85. The van der Waals surface area contributed by atoms with Gasteiger partial charge in [0.25, 0.3) is 0 Å². The van der Waals surface area contributed by atoms with E-state index in [2.05, 4.69) is 24.5 Å². The lowest BCUT2D eigenvalue weighted by molar-refractivity contribution is 0.247. The van der Waals surface area contributed by atoms with Crippen molar-refractivity contribution >= 4 is 11.7 Å². The van der Waals surface area contributed by atoms with Crippen LogP contribution >= 0.6 is 0 Å². The quantitative estimate of drug-likeness (QED) is 0.735. The van der Waals surface area contributed by atoms with E-state index in [1.54, 1.807) is 25.3 Å². The van der Waals surface area contributed by atoms with Gasteiger partial charge in [-0.05, 0) is 43.5 Å². The van der Waals surface area contributed by atoms with Crippen LogP contribution in [-0.2, 0) is 0 Å². The number of hydrogen-bond acceptors (Lipinski definition) is 3. The Labute approximate surface area is 149 Å². The van der Waals surface area contributed by atoms with Gasteiger partial charge in [0, 0.05) is 17.8 Å². The minimum absolute atomic E-state index is 0.172. The van der Waals surface area contributed by atoms with Crippen molar-refractivity contribution < 1.29 is 14.3 Å². The van der Waals surface area contributed by atoms with E-state index in [-0.39, 0.29) is 12.1 Å². The second kappa shape index (κ2) is 8.97. The number of carbonyl (C=O) groups is 1. The maximum absolute atomic E-state index is 12.1. The van der Waals surface area contributed by atoms with Gasteiger partial charge in [-0.3, -0.25) is 0 Å². The van der Waals surface area contributed by atoms with Crippen molar-refractivity contribution in [3.63, 3.8) is 0 Å². The Hall–Kier alpha value is -2.69. The van der Waals surface area contributed by atoms with Gasteiger partial charge in [0.2, 0.25) is 0 Å². The van der Waals surface area contributed by atoms with Crippen molar-refractivity contribution in [3.05, 3.63) is 48.0 Å². The number of amides is 2. The monoisotopic (exact) mass is 342 g/mol. The lowest BCUT2D eigenvalue weighted by atomic mass is 10.2. The van der Waals surface area contributed by atoms with E-state index >= 15 is 0 Å². The van der Waals surface area contributed by atoms with Gasteiger partial charge in [0.15, 0.2) is 11.5 Å². The SMILES string of the molecule is CCC(CC)NC(=O)Nc1ccc(Oc2ccccc2C)c(OC)c1. The summed E-state index contributed by atoms with van der Waals surface area (Å²) in [5.74, 6) is 1.93. The molecule has 2 rings (SSSR count). The highest BCUT2D eigenvalue weighted by molar-refractivity contribution is 5.89. The summed E-state index contributed by atoms with van der Waals surface area (Å²) in [5.41, 5.74) is 1.69. The molecule has 2 aromatic rings. The van der Waals surface area contributed by atoms with Crippen LogP contribution in [0.4, 0.5) is 10.5 Å². The number of benzene rings is 2. The number of carbonyl (C=O) groups excluding carboxylic acids is 1. The highest BCUT2D eigenvalue weighted by atomic mass is 16.5. The number of anilines is 1. The summed E-state index contributed by atoms with van der Waals surface area (Å²) in [6, 6.07) is 13.1. The lowest BCUT2D eigenvalue weighted by Crippen LogP contribution is -2.37. The van der Waals surface area contributed by atoms with Crippen LogP contribution < -0.4 is 20.1 Å². The average Bonchev–Trinajstić information content (AvgIpc) is 2.62. The maximum atomic E-state index is 12.1. The molecule has 2 amide bonds. The van der Waals surface area contributed by atoms with Crippen LogP contribution in [-0.4, -0.2) is 19.2 Å². The smallest absolute Gasteiger partial charge is 0.319 e. The van der Waals surface area contributed by atoms with Gasteiger partial charge in [-0.1, -0.05) is 32.0 Å². The van der Waals surface area contributed by atoms with Gasteiger partial charge in [0.1, 0.15) is 5.75 Å².